The Balaban J connectivity index is 2.27. The third-order valence-electron chi connectivity index (χ3n) is 3.24. The van der Waals surface area contributed by atoms with Crippen LogP contribution in [0.5, 0.6) is 0 Å². The fourth-order valence-electron chi connectivity index (χ4n) is 2.25. The van der Waals surface area contributed by atoms with E-state index in [-0.39, 0.29) is 6.04 Å². The van der Waals surface area contributed by atoms with E-state index in [1.807, 2.05) is 38.1 Å². The highest BCUT2D eigenvalue weighted by molar-refractivity contribution is 9.10. The number of anilines is 1. The van der Waals surface area contributed by atoms with Crippen molar-refractivity contribution in [3.63, 3.8) is 0 Å². The molecule has 0 aliphatic heterocycles. The van der Waals surface area contributed by atoms with Crippen LogP contribution in [0.4, 0.5) is 5.69 Å². The molecule has 0 saturated carbocycles. The van der Waals surface area contributed by atoms with E-state index in [1.54, 1.807) is 0 Å². The molecule has 0 saturated heterocycles. The summed E-state index contributed by atoms with van der Waals surface area (Å²) in [6.07, 6.45) is 0. The zero-order valence-corrected chi connectivity index (χ0v) is 13.7. The number of hydrogen-bond donors (Lipinski definition) is 1. The van der Waals surface area contributed by atoms with Gasteiger partial charge in [-0.25, -0.2) is 0 Å². The van der Waals surface area contributed by atoms with Crippen LogP contribution in [0.1, 0.15) is 29.9 Å². The van der Waals surface area contributed by atoms with Gasteiger partial charge in [0, 0.05) is 28.9 Å². The van der Waals surface area contributed by atoms with Gasteiger partial charge in [-0.05, 0) is 49.7 Å². The average molecular weight is 334 g/mol. The van der Waals surface area contributed by atoms with Crippen molar-refractivity contribution in [2.45, 2.75) is 26.4 Å². The Kier molecular flexibility index (Phi) is 4.78. The molecule has 0 fully saturated rings. The van der Waals surface area contributed by atoms with Crippen LogP contribution < -0.4 is 10.6 Å². The van der Waals surface area contributed by atoms with Crippen molar-refractivity contribution in [2.24, 2.45) is 5.73 Å². The molecule has 1 aromatic heterocycles. The van der Waals surface area contributed by atoms with E-state index >= 15 is 0 Å². The van der Waals surface area contributed by atoms with Gasteiger partial charge >= 0.3 is 0 Å². The molecule has 0 amide bonds. The van der Waals surface area contributed by atoms with Gasteiger partial charge < -0.3 is 10.6 Å². The fourth-order valence-corrected chi connectivity index (χ4v) is 2.63. The zero-order chi connectivity index (χ0) is 14.7. The quantitative estimate of drug-likeness (QED) is 0.925. The van der Waals surface area contributed by atoms with E-state index in [0.29, 0.717) is 0 Å². The number of aromatic nitrogens is 1. The van der Waals surface area contributed by atoms with Crippen LogP contribution in [0.15, 0.2) is 40.9 Å². The monoisotopic (exact) mass is 333 g/mol. The summed E-state index contributed by atoms with van der Waals surface area (Å²) in [5, 5.41) is 0. The van der Waals surface area contributed by atoms with E-state index in [4.69, 9.17) is 5.73 Å². The molecule has 1 unspecified atom stereocenters. The lowest BCUT2D eigenvalue weighted by atomic mass is 10.1. The molecular formula is C16H20BrN3. The molecular weight excluding hydrogens is 314 g/mol. The van der Waals surface area contributed by atoms with Gasteiger partial charge in [0.05, 0.1) is 12.2 Å². The number of pyridine rings is 1. The summed E-state index contributed by atoms with van der Waals surface area (Å²) in [7, 11) is 2.07. The average Bonchev–Trinajstić information content (AvgIpc) is 2.38. The first-order chi connectivity index (χ1) is 9.47. The molecule has 1 atom stereocenters. The summed E-state index contributed by atoms with van der Waals surface area (Å²) in [6.45, 7) is 4.78. The van der Waals surface area contributed by atoms with Gasteiger partial charge in [0.25, 0.3) is 0 Å². The molecule has 3 nitrogen and oxygen atoms in total. The Morgan fingerprint density at radius 2 is 2.05 bits per heavy atom. The number of nitrogens with two attached hydrogens (primary N) is 1. The van der Waals surface area contributed by atoms with Crippen LogP contribution in [0.2, 0.25) is 0 Å². The third-order valence-corrected chi connectivity index (χ3v) is 3.73. The summed E-state index contributed by atoms with van der Waals surface area (Å²) in [5.74, 6) is 0. The molecule has 1 heterocycles. The van der Waals surface area contributed by atoms with Gasteiger partial charge in [0.15, 0.2) is 0 Å². The highest BCUT2D eigenvalue weighted by atomic mass is 79.9. The second kappa shape index (κ2) is 6.37. The minimum atomic E-state index is -0.00424. The Bertz CT molecular complexity index is 596. The van der Waals surface area contributed by atoms with Crippen LogP contribution in [-0.2, 0) is 6.54 Å². The van der Waals surface area contributed by atoms with Crippen LogP contribution in [-0.4, -0.2) is 12.0 Å². The number of halogens is 1. The Labute approximate surface area is 129 Å². The first-order valence-electron chi connectivity index (χ1n) is 6.66. The largest absolute Gasteiger partial charge is 0.368 e. The third kappa shape index (κ3) is 3.58. The lowest BCUT2D eigenvalue weighted by Crippen LogP contribution is -2.21. The molecule has 20 heavy (non-hydrogen) atoms. The van der Waals surface area contributed by atoms with Crippen molar-refractivity contribution in [3.05, 3.63) is 57.8 Å². The van der Waals surface area contributed by atoms with Crippen molar-refractivity contribution in [2.75, 3.05) is 11.9 Å². The van der Waals surface area contributed by atoms with Gasteiger partial charge in [-0.15, -0.1) is 0 Å². The molecule has 2 N–H and O–H groups in total. The predicted octanol–water partition coefficient (Wildman–Crippen LogP) is 3.81. The van der Waals surface area contributed by atoms with E-state index in [0.717, 1.165) is 33.7 Å². The van der Waals surface area contributed by atoms with Crippen LogP contribution in [0.25, 0.3) is 0 Å². The van der Waals surface area contributed by atoms with Gasteiger partial charge in [-0.1, -0.05) is 22.0 Å². The first kappa shape index (κ1) is 15.0. The minimum absolute atomic E-state index is 0.00424. The molecule has 2 rings (SSSR count). The first-order valence-corrected chi connectivity index (χ1v) is 7.45. The van der Waals surface area contributed by atoms with Gasteiger partial charge in [0.2, 0.25) is 0 Å². The smallest absolute Gasteiger partial charge is 0.0600 e. The second-order valence-corrected chi connectivity index (χ2v) is 6.03. The van der Waals surface area contributed by atoms with Crippen molar-refractivity contribution in [1.82, 2.24) is 4.98 Å². The number of aryl methyl sites for hydroxylation is 1. The zero-order valence-electron chi connectivity index (χ0n) is 12.1. The molecule has 4 heteroatoms. The Morgan fingerprint density at radius 3 is 2.70 bits per heavy atom. The summed E-state index contributed by atoms with van der Waals surface area (Å²) in [4.78, 5) is 6.74. The van der Waals surface area contributed by atoms with Gasteiger partial charge in [-0.3, -0.25) is 4.98 Å². The van der Waals surface area contributed by atoms with Crippen LogP contribution >= 0.6 is 15.9 Å². The summed E-state index contributed by atoms with van der Waals surface area (Å²) >= 11 is 3.50. The Hall–Kier alpha value is -1.39. The minimum Gasteiger partial charge on any atom is -0.368 e. The molecule has 0 aliphatic carbocycles. The number of benzene rings is 1. The van der Waals surface area contributed by atoms with Crippen molar-refractivity contribution in [1.29, 1.82) is 0 Å². The highest BCUT2D eigenvalue weighted by Gasteiger charge is 2.12. The SMILES string of the molecule is Cc1cccc(CN(C)c2ccc(Br)cc2C(C)N)n1. The topological polar surface area (TPSA) is 42.1 Å². The van der Waals surface area contributed by atoms with E-state index in [9.17, 15) is 0 Å². The predicted molar refractivity (Wildman–Crippen MR) is 87.8 cm³/mol. The standard InChI is InChI=1S/C16H20BrN3/c1-11-5-4-6-14(19-11)10-20(3)16-8-7-13(17)9-15(16)12(2)18/h4-9,12H,10,18H2,1-3H3. The maximum Gasteiger partial charge on any atom is 0.0600 e. The molecule has 106 valence electrons. The molecule has 0 bridgehead atoms. The van der Waals surface area contributed by atoms with Gasteiger partial charge in [0.1, 0.15) is 0 Å². The summed E-state index contributed by atoms with van der Waals surface area (Å²) < 4.78 is 1.05. The molecule has 1 aromatic carbocycles. The van der Waals surface area contributed by atoms with Crippen molar-refractivity contribution >= 4 is 21.6 Å². The lowest BCUT2D eigenvalue weighted by molar-refractivity contribution is 0.795. The molecule has 0 aliphatic rings. The van der Waals surface area contributed by atoms with E-state index in [2.05, 4.69) is 45.0 Å². The number of nitrogens with zero attached hydrogens (tertiary/aromatic N) is 2. The summed E-state index contributed by atoms with van der Waals surface area (Å²) in [6, 6.07) is 12.3. The van der Waals surface area contributed by atoms with Crippen LogP contribution in [0.3, 0.4) is 0 Å². The summed E-state index contributed by atoms with van der Waals surface area (Å²) in [5.41, 5.74) is 10.5. The molecule has 2 aromatic rings. The number of rotatable bonds is 4. The van der Waals surface area contributed by atoms with E-state index < -0.39 is 0 Å². The maximum atomic E-state index is 6.08. The second-order valence-electron chi connectivity index (χ2n) is 5.12. The normalized spacial score (nSPS) is 12.2. The van der Waals surface area contributed by atoms with E-state index in [1.165, 1.54) is 0 Å². The van der Waals surface area contributed by atoms with Gasteiger partial charge in [-0.2, -0.15) is 0 Å². The van der Waals surface area contributed by atoms with Crippen molar-refractivity contribution in [3.8, 4) is 0 Å². The lowest BCUT2D eigenvalue weighted by Gasteiger charge is -2.24. The Morgan fingerprint density at radius 1 is 1.30 bits per heavy atom. The fraction of sp³-hybridized carbons (Fsp3) is 0.312. The highest BCUT2D eigenvalue weighted by Crippen LogP contribution is 2.28. The molecule has 0 spiro atoms. The molecule has 0 radical (unpaired) electrons. The van der Waals surface area contributed by atoms with Crippen LogP contribution in [0, 0.1) is 6.92 Å². The maximum absolute atomic E-state index is 6.08. The number of hydrogen-bond acceptors (Lipinski definition) is 3. The van der Waals surface area contributed by atoms with Crippen molar-refractivity contribution < 1.29 is 0 Å².